The third-order valence-electron chi connectivity index (χ3n) is 14.0. The van der Waals surface area contributed by atoms with Crippen LogP contribution < -0.4 is 0 Å². The first-order chi connectivity index (χ1) is 39.0. The molecular formula is C73H122O6. The number of hydrogen-bond acceptors (Lipinski definition) is 6. The highest BCUT2D eigenvalue weighted by Gasteiger charge is 2.19. The fourth-order valence-corrected chi connectivity index (χ4v) is 9.09. The second-order valence-electron chi connectivity index (χ2n) is 21.6. The molecule has 0 heterocycles. The quantitative estimate of drug-likeness (QED) is 0.0261. The minimum Gasteiger partial charge on any atom is -0.462 e. The molecule has 0 aromatic carbocycles. The lowest BCUT2D eigenvalue weighted by Gasteiger charge is -2.18. The Balaban J connectivity index is 4.42. The lowest BCUT2D eigenvalue weighted by Crippen LogP contribution is -2.30. The van der Waals surface area contributed by atoms with E-state index in [1.807, 2.05) is 0 Å². The second kappa shape index (κ2) is 66.3. The van der Waals surface area contributed by atoms with Crippen LogP contribution in [0.25, 0.3) is 0 Å². The van der Waals surface area contributed by atoms with Gasteiger partial charge < -0.3 is 14.2 Å². The van der Waals surface area contributed by atoms with Gasteiger partial charge in [0.1, 0.15) is 13.2 Å². The Bertz CT molecular complexity index is 1640. The van der Waals surface area contributed by atoms with Crippen molar-refractivity contribution >= 4 is 17.9 Å². The van der Waals surface area contributed by atoms with Crippen molar-refractivity contribution in [3.8, 4) is 0 Å². The van der Waals surface area contributed by atoms with Gasteiger partial charge in [-0.15, -0.1) is 0 Å². The number of ether oxygens (including phenoxy) is 3. The van der Waals surface area contributed by atoms with Crippen LogP contribution in [0.3, 0.4) is 0 Å². The van der Waals surface area contributed by atoms with E-state index in [4.69, 9.17) is 14.2 Å². The van der Waals surface area contributed by atoms with Crippen LogP contribution >= 0.6 is 0 Å². The van der Waals surface area contributed by atoms with Crippen LogP contribution in [0, 0.1) is 0 Å². The molecule has 0 saturated carbocycles. The SMILES string of the molecule is CC/C=C\C/C=C\C/C=C\C/C=C\C/C=C\C/C=C\CCCCCCCCC(=O)OCC(COC(=O)CCCC/C=C\C/C=C\C/C=C\C/C=C\CC)OC(=O)CCCCCCCCCCCCCCCCCCCCCCC. The summed E-state index contributed by atoms with van der Waals surface area (Å²) in [6.45, 7) is 6.39. The highest BCUT2D eigenvalue weighted by Crippen LogP contribution is 2.17. The van der Waals surface area contributed by atoms with Crippen molar-refractivity contribution in [2.24, 2.45) is 0 Å². The van der Waals surface area contributed by atoms with E-state index in [9.17, 15) is 14.4 Å². The number of hydrogen-bond donors (Lipinski definition) is 0. The fourth-order valence-electron chi connectivity index (χ4n) is 9.09. The van der Waals surface area contributed by atoms with Gasteiger partial charge in [-0.25, -0.2) is 0 Å². The standard InChI is InChI=1S/C73H122O6/c1-4-7-10-13-16-19-22-25-28-30-32-34-35-36-37-39-40-42-45-48-51-54-57-60-63-66-72(75)78-69-70(68-77-71(74)65-62-59-56-53-50-47-44-27-24-21-18-15-12-9-6-3)79-73(76)67-64-61-58-55-52-49-46-43-41-38-33-31-29-26-23-20-17-14-11-8-5-2/h7,9-10,12,16,18-19,21,25,27-28,32,34,36-37,40,42,44,50,53,70H,4-6,8,11,13-15,17,20,22-24,26,29-31,33,35,38-39,41,43,45-49,51-52,54-69H2,1-3H3/b10-7-,12-9-,19-16-,21-18-,28-25-,34-32-,37-36-,42-40-,44-27-,53-50-. The zero-order valence-corrected chi connectivity index (χ0v) is 51.6. The van der Waals surface area contributed by atoms with E-state index < -0.39 is 6.10 Å². The summed E-state index contributed by atoms with van der Waals surface area (Å²) in [5.41, 5.74) is 0. The van der Waals surface area contributed by atoms with Crippen molar-refractivity contribution < 1.29 is 28.6 Å². The molecule has 0 radical (unpaired) electrons. The van der Waals surface area contributed by atoms with Gasteiger partial charge in [0.05, 0.1) is 0 Å². The Morgan fingerprint density at radius 3 is 0.797 bits per heavy atom. The lowest BCUT2D eigenvalue weighted by atomic mass is 10.0. The molecule has 1 unspecified atom stereocenters. The van der Waals surface area contributed by atoms with Crippen LogP contribution in [-0.4, -0.2) is 37.2 Å². The zero-order valence-electron chi connectivity index (χ0n) is 51.6. The number of rotatable bonds is 59. The van der Waals surface area contributed by atoms with Gasteiger partial charge in [-0.2, -0.15) is 0 Å². The van der Waals surface area contributed by atoms with Gasteiger partial charge in [0.15, 0.2) is 6.10 Å². The smallest absolute Gasteiger partial charge is 0.306 e. The van der Waals surface area contributed by atoms with Crippen molar-refractivity contribution in [3.05, 3.63) is 122 Å². The Kier molecular flexibility index (Phi) is 62.8. The predicted molar refractivity (Wildman–Crippen MR) is 343 cm³/mol. The molecule has 6 heteroatoms. The second-order valence-corrected chi connectivity index (χ2v) is 21.6. The molecule has 0 aliphatic heterocycles. The average molecular weight is 1100 g/mol. The minimum absolute atomic E-state index is 0.0996. The maximum Gasteiger partial charge on any atom is 0.306 e. The number of esters is 3. The average Bonchev–Trinajstić information content (AvgIpc) is 3.45. The van der Waals surface area contributed by atoms with Crippen molar-refractivity contribution in [3.63, 3.8) is 0 Å². The minimum atomic E-state index is -0.805. The molecule has 0 aromatic heterocycles. The van der Waals surface area contributed by atoms with Gasteiger partial charge >= 0.3 is 17.9 Å². The topological polar surface area (TPSA) is 78.9 Å². The number of carbonyl (C=O) groups excluding carboxylic acids is 3. The van der Waals surface area contributed by atoms with Gasteiger partial charge in [-0.1, -0.05) is 296 Å². The van der Waals surface area contributed by atoms with Gasteiger partial charge in [-0.3, -0.25) is 14.4 Å². The largest absolute Gasteiger partial charge is 0.462 e. The summed E-state index contributed by atoms with van der Waals surface area (Å²) in [6, 6.07) is 0. The molecule has 0 N–H and O–H groups in total. The molecule has 0 aliphatic carbocycles. The van der Waals surface area contributed by atoms with E-state index in [1.54, 1.807) is 0 Å². The van der Waals surface area contributed by atoms with E-state index in [0.717, 1.165) is 135 Å². The molecule has 450 valence electrons. The molecule has 1 atom stereocenters. The molecule has 0 aromatic rings. The van der Waals surface area contributed by atoms with Crippen LogP contribution in [0.5, 0.6) is 0 Å². The molecule has 0 bridgehead atoms. The van der Waals surface area contributed by atoms with E-state index >= 15 is 0 Å². The summed E-state index contributed by atoms with van der Waals surface area (Å²) >= 11 is 0. The highest BCUT2D eigenvalue weighted by atomic mass is 16.6. The molecule has 0 aliphatic rings. The third-order valence-corrected chi connectivity index (χ3v) is 14.0. The van der Waals surface area contributed by atoms with Crippen LogP contribution in [0.4, 0.5) is 0 Å². The molecule has 0 spiro atoms. The molecular weight excluding hydrogens is 973 g/mol. The predicted octanol–water partition coefficient (Wildman–Crippen LogP) is 22.8. The van der Waals surface area contributed by atoms with Gasteiger partial charge in [0.2, 0.25) is 0 Å². The first-order valence-corrected chi connectivity index (χ1v) is 33.0. The first-order valence-electron chi connectivity index (χ1n) is 33.0. The molecule has 6 nitrogen and oxygen atoms in total. The summed E-state index contributed by atoms with van der Waals surface area (Å²) in [5.74, 6) is -0.946. The Morgan fingerprint density at radius 1 is 0.266 bits per heavy atom. The van der Waals surface area contributed by atoms with Gasteiger partial charge in [0.25, 0.3) is 0 Å². The van der Waals surface area contributed by atoms with Crippen molar-refractivity contribution in [2.45, 2.75) is 309 Å². The van der Waals surface area contributed by atoms with Gasteiger partial charge in [-0.05, 0) is 109 Å². The Morgan fingerprint density at radius 2 is 0.494 bits per heavy atom. The van der Waals surface area contributed by atoms with Crippen LogP contribution in [0.1, 0.15) is 303 Å². The molecule has 0 amide bonds. The molecule has 0 fully saturated rings. The van der Waals surface area contributed by atoms with Crippen LogP contribution in [0.15, 0.2) is 122 Å². The lowest BCUT2D eigenvalue weighted by molar-refractivity contribution is -0.167. The molecule has 79 heavy (non-hydrogen) atoms. The fraction of sp³-hybridized carbons (Fsp3) is 0.685. The summed E-state index contributed by atoms with van der Waals surface area (Å²) in [4.78, 5) is 38.4. The first kappa shape index (κ1) is 74.8. The molecule has 0 saturated heterocycles. The number of unbranched alkanes of at least 4 members (excludes halogenated alkanes) is 28. The van der Waals surface area contributed by atoms with E-state index in [2.05, 4.69) is 142 Å². The summed E-state index contributed by atoms with van der Waals surface area (Å²) in [5, 5.41) is 0. The Hall–Kier alpha value is -4.19. The monoisotopic (exact) mass is 1090 g/mol. The van der Waals surface area contributed by atoms with Crippen LogP contribution in [0.2, 0.25) is 0 Å². The van der Waals surface area contributed by atoms with Crippen molar-refractivity contribution in [1.29, 1.82) is 0 Å². The van der Waals surface area contributed by atoms with E-state index in [0.29, 0.717) is 19.3 Å². The van der Waals surface area contributed by atoms with Crippen molar-refractivity contribution in [2.75, 3.05) is 13.2 Å². The van der Waals surface area contributed by atoms with E-state index in [-0.39, 0.29) is 31.1 Å². The van der Waals surface area contributed by atoms with Crippen LogP contribution in [-0.2, 0) is 28.6 Å². The van der Waals surface area contributed by atoms with E-state index in [1.165, 1.54) is 128 Å². The maximum absolute atomic E-state index is 12.9. The third kappa shape index (κ3) is 64.5. The maximum atomic E-state index is 12.9. The Labute approximate surface area is 488 Å². The number of carbonyl (C=O) groups is 3. The number of allylic oxidation sites excluding steroid dienone is 20. The van der Waals surface area contributed by atoms with Gasteiger partial charge in [0, 0.05) is 19.3 Å². The molecule has 0 rings (SSSR count). The summed E-state index contributed by atoms with van der Waals surface area (Å²) < 4.78 is 16.9. The normalized spacial score (nSPS) is 12.9. The highest BCUT2D eigenvalue weighted by molar-refractivity contribution is 5.71. The zero-order chi connectivity index (χ0) is 57.1. The summed E-state index contributed by atoms with van der Waals surface area (Å²) in [7, 11) is 0. The van der Waals surface area contributed by atoms with Crippen molar-refractivity contribution in [1.82, 2.24) is 0 Å². The summed E-state index contributed by atoms with van der Waals surface area (Å²) in [6.07, 6.45) is 92.1.